The van der Waals surface area contributed by atoms with Crippen LogP contribution in [0.5, 0.6) is 0 Å². The van der Waals surface area contributed by atoms with Crippen molar-refractivity contribution in [2.24, 2.45) is 0 Å². The Morgan fingerprint density at radius 3 is 2.04 bits per heavy atom. The number of aliphatic carboxylic acids is 1. The molecule has 1 rings (SSSR count). The molecule has 0 aliphatic heterocycles. The zero-order chi connectivity index (χ0) is 18.0. The molecule has 0 aliphatic rings. The maximum atomic E-state index is 13.6. The second kappa shape index (κ2) is 6.03. The number of hydrogen-bond donors (Lipinski definition) is 1. The second-order valence-electron chi connectivity index (χ2n) is 3.82. The Bertz CT molecular complexity index is 818. The fraction of sp³-hybridized carbons (Fsp3) is 0.167. The van der Waals surface area contributed by atoms with Crippen molar-refractivity contribution < 1.29 is 31.9 Å². The highest BCUT2D eigenvalue weighted by molar-refractivity contribution is 7.13. The van der Waals surface area contributed by atoms with Crippen LogP contribution < -0.4 is 0 Å². The van der Waals surface area contributed by atoms with E-state index in [1.807, 2.05) is 0 Å². The summed E-state index contributed by atoms with van der Waals surface area (Å²) in [5.74, 6) is -7.37. The first kappa shape index (κ1) is 18.1. The molecule has 0 saturated carbocycles. The van der Waals surface area contributed by atoms with E-state index in [4.69, 9.17) is 20.9 Å². The Morgan fingerprint density at radius 2 is 1.70 bits per heavy atom. The third-order valence-corrected chi connectivity index (χ3v) is 3.49. The third-order valence-electron chi connectivity index (χ3n) is 2.45. The lowest BCUT2D eigenvalue weighted by Gasteiger charge is -2.20. The molecule has 1 aromatic heterocycles. The highest BCUT2D eigenvalue weighted by Crippen LogP contribution is 2.49. The van der Waals surface area contributed by atoms with Crippen molar-refractivity contribution in [1.29, 1.82) is 15.8 Å². The molecule has 0 atom stereocenters. The Morgan fingerprint density at radius 1 is 1.13 bits per heavy atom. The first-order chi connectivity index (χ1) is 10.5. The lowest BCUT2D eigenvalue weighted by Crippen LogP contribution is -2.34. The average molecular weight is 347 g/mol. The highest BCUT2D eigenvalue weighted by Gasteiger charge is 2.61. The lowest BCUT2D eigenvalue weighted by atomic mass is 10.0. The number of hydrogen-bond acceptors (Lipinski definition) is 5. The van der Waals surface area contributed by atoms with Gasteiger partial charge in [0.25, 0.3) is 0 Å². The number of nitrogens with zero attached hydrogens (tertiary/aromatic N) is 3. The molecule has 1 aromatic rings. The van der Waals surface area contributed by atoms with E-state index in [0.717, 1.165) is 12.1 Å². The second-order valence-corrected chi connectivity index (χ2v) is 4.87. The molecule has 118 valence electrons. The molecule has 0 spiro atoms. The number of carbonyl (C=O) groups is 1. The van der Waals surface area contributed by atoms with Crippen LogP contribution in [0.25, 0.3) is 6.08 Å². The monoisotopic (exact) mass is 347 g/mol. The molecule has 0 saturated heterocycles. The van der Waals surface area contributed by atoms with Gasteiger partial charge in [-0.05, 0) is 6.08 Å². The van der Waals surface area contributed by atoms with Gasteiger partial charge in [0.05, 0.1) is 11.1 Å². The van der Waals surface area contributed by atoms with E-state index in [0.29, 0.717) is 0 Å². The molecular formula is C12H2F5N3O2S. The number of nitriles is 3. The van der Waals surface area contributed by atoms with Gasteiger partial charge in [-0.15, -0.1) is 11.3 Å². The van der Waals surface area contributed by atoms with Crippen LogP contribution in [0.4, 0.5) is 22.0 Å². The number of carboxylic acids is 1. The fourth-order valence-electron chi connectivity index (χ4n) is 1.46. The third kappa shape index (κ3) is 3.12. The van der Waals surface area contributed by atoms with E-state index < -0.39 is 44.5 Å². The Balaban J connectivity index is 3.87. The van der Waals surface area contributed by atoms with Crippen LogP contribution in [-0.4, -0.2) is 17.3 Å². The summed E-state index contributed by atoms with van der Waals surface area (Å²) in [6, 6.07) is 3.48. The number of rotatable bonds is 3. The van der Waals surface area contributed by atoms with Crippen molar-refractivity contribution >= 4 is 23.4 Å². The summed E-state index contributed by atoms with van der Waals surface area (Å²) in [7, 11) is 0. The fourth-order valence-corrected chi connectivity index (χ4v) is 2.49. The van der Waals surface area contributed by atoms with Gasteiger partial charge in [0.15, 0.2) is 0 Å². The Labute approximate surface area is 128 Å². The SMILES string of the molecule is N#C/C(=C\c1sc(C#N)c(C#N)c1C(F)(F)C(F)(F)F)C(=O)O. The van der Waals surface area contributed by atoms with Crippen molar-refractivity contribution in [3.63, 3.8) is 0 Å². The molecule has 0 fully saturated rings. The maximum absolute atomic E-state index is 13.6. The summed E-state index contributed by atoms with van der Waals surface area (Å²) in [6.07, 6.45) is -5.81. The van der Waals surface area contributed by atoms with E-state index in [-0.39, 0.29) is 17.4 Å². The average Bonchev–Trinajstić information content (AvgIpc) is 2.80. The molecule has 0 unspecified atom stereocenters. The van der Waals surface area contributed by atoms with Gasteiger partial charge in [-0.2, -0.15) is 37.7 Å². The molecule has 5 nitrogen and oxygen atoms in total. The van der Waals surface area contributed by atoms with Crippen molar-refractivity contribution in [2.75, 3.05) is 0 Å². The summed E-state index contributed by atoms with van der Waals surface area (Å²) >= 11 is 0.0603. The van der Waals surface area contributed by atoms with Crippen molar-refractivity contribution in [2.45, 2.75) is 12.1 Å². The number of halogens is 5. The van der Waals surface area contributed by atoms with Gasteiger partial charge >= 0.3 is 18.1 Å². The van der Waals surface area contributed by atoms with Gasteiger partial charge in [0.2, 0.25) is 0 Å². The predicted molar refractivity (Wildman–Crippen MR) is 64.9 cm³/mol. The summed E-state index contributed by atoms with van der Waals surface area (Å²) in [5, 5.41) is 34.7. The molecule has 0 aromatic carbocycles. The molecule has 0 amide bonds. The van der Waals surface area contributed by atoms with Crippen LogP contribution in [0.15, 0.2) is 5.57 Å². The Kier molecular flexibility index (Phi) is 4.74. The maximum Gasteiger partial charge on any atom is 0.458 e. The van der Waals surface area contributed by atoms with Crippen LogP contribution in [0, 0.1) is 34.0 Å². The van der Waals surface area contributed by atoms with Crippen molar-refractivity contribution in [3.05, 3.63) is 26.5 Å². The minimum atomic E-state index is -6.08. The molecule has 0 bridgehead atoms. The minimum Gasteiger partial charge on any atom is -0.477 e. The molecule has 1 N–H and O–H groups in total. The standard InChI is InChI=1S/C12H2F5N3O2S/c13-11(14,12(15,16)17)9-6(3-19)8(4-20)23-7(9)1-5(2-18)10(21)22/h1H,(H,21,22)/b5-1+. The summed E-state index contributed by atoms with van der Waals surface area (Å²) in [4.78, 5) is 8.95. The topological polar surface area (TPSA) is 109 Å². The minimum absolute atomic E-state index is 0.0603. The summed E-state index contributed by atoms with van der Waals surface area (Å²) < 4.78 is 65.0. The van der Waals surface area contributed by atoms with E-state index in [2.05, 4.69) is 0 Å². The van der Waals surface area contributed by atoms with Crippen LogP contribution in [0.1, 0.15) is 20.9 Å². The zero-order valence-corrected chi connectivity index (χ0v) is 11.4. The number of thiophene rings is 1. The highest BCUT2D eigenvalue weighted by atomic mass is 32.1. The Hall–Kier alpha value is -2.97. The van der Waals surface area contributed by atoms with Crippen molar-refractivity contribution in [1.82, 2.24) is 0 Å². The van der Waals surface area contributed by atoms with Crippen LogP contribution in [0.2, 0.25) is 0 Å². The smallest absolute Gasteiger partial charge is 0.458 e. The zero-order valence-electron chi connectivity index (χ0n) is 10.6. The van der Waals surface area contributed by atoms with E-state index in [1.165, 1.54) is 6.07 Å². The van der Waals surface area contributed by atoms with Crippen LogP contribution in [-0.2, 0) is 10.7 Å². The molecule has 0 radical (unpaired) electrons. The first-order valence-electron chi connectivity index (χ1n) is 5.28. The van der Waals surface area contributed by atoms with Gasteiger partial charge in [-0.1, -0.05) is 0 Å². The van der Waals surface area contributed by atoms with E-state index in [9.17, 15) is 26.7 Å². The number of alkyl halides is 5. The van der Waals surface area contributed by atoms with Crippen LogP contribution in [0.3, 0.4) is 0 Å². The summed E-state index contributed by atoms with van der Waals surface area (Å²) in [5.41, 5.74) is -4.18. The molecule has 23 heavy (non-hydrogen) atoms. The van der Waals surface area contributed by atoms with Gasteiger partial charge in [0, 0.05) is 4.88 Å². The van der Waals surface area contributed by atoms with E-state index >= 15 is 0 Å². The van der Waals surface area contributed by atoms with Crippen molar-refractivity contribution in [3.8, 4) is 18.2 Å². The van der Waals surface area contributed by atoms with Gasteiger partial charge in [-0.3, -0.25) is 0 Å². The predicted octanol–water partition coefficient (Wildman–Crippen LogP) is 3.14. The normalized spacial score (nSPS) is 12.2. The first-order valence-corrected chi connectivity index (χ1v) is 6.10. The molecule has 11 heteroatoms. The molecular weight excluding hydrogens is 345 g/mol. The van der Waals surface area contributed by atoms with E-state index in [1.54, 1.807) is 0 Å². The largest absolute Gasteiger partial charge is 0.477 e. The lowest BCUT2D eigenvalue weighted by molar-refractivity contribution is -0.289. The molecule has 0 aliphatic carbocycles. The quantitative estimate of drug-likeness (QED) is 0.513. The summed E-state index contributed by atoms with van der Waals surface area (Å²) in [6.45, 7) is 0. The number of carboxylic acid groups (broad SMARTS) is 1. The van der Waals surface area contributed by atoms with Gasteiger partial charge < -0.3 is 5.11 Å². The van der Waals surface area contributed by atoms with Gasteiger partial charge in [-0.25, -0.2) is 4.79 Å². The van der Waals surface area contributed by atoms with Crippen LogP contribution >= 0.6 is 11.3 Å². The van der Waals surface area contributed by atoms with Gasteiger partial charge in [0.1, 0.15) is 28.7 Å². The molecule has 1 heterocycles.